The highest BCUT2D eigenvalue weighted by Crippen LogP contribution is 2.41. The number of aromatic nitrogens is 2. The molecule has 0 amide bonds. The van der Waals surface area contributed by atoms with Gasteiger partial charge in [0, 0.05) is 26.2 Å². The average Bonchev–Trinajstić information content (AvgIpc) is 3.45. The van der Waals surface area contributed by atoms with E-state index in [1.807, 2.05) is 28.8 Å². The molecule has 3 heterocycles. The summed E-state index contributed by atoms with van der Waals surface area (Å²) >= 11 is 3.80. The van der Waals surface area contributed by atoms with E-state index in [9.17, 15) is 4.79 Å². The maximum atomic E-state index is 14.2. The van der Waals surface area contributed by atoms with Crippen LogP contribution < -0.4 is 19.6 Å². The van der Waals surface area contributed by atoms with Gasteiger partial charge in [0.05, 0.1) is 23.4 Å². The molecule has 0 radical (unpaired) electrons. The maximum Gasteiger partial charge on any atom is 0.271 e. The Labute approximate surface area is 255 Å². The fourth-order valence-electron chi connectivity index (χ4n) is 6.20. The molecule has 2 aliphatic rings. The molecule has 7 rings (SSSR count). The minimum absolute atomic E-state index is 0.00829. The van der Waals surface area contributed by atoms with Crippen LogP contribution in [0, 0.1) is 17.4 Å². The summed E-state index contributed by atoms with van der Waals surface area (Å²) < 4.78 is 11.6. The lowest BCUT2D eigenvalue weighted by atomic mass is 9.83. The Hall–Kier alpha value is -3.69. The molecule has 2 aromatic heterocycles. The molecule has 0 spiro atoms. The van der Waals surface area contributed by atoms with Crippen LogP contribution in [-0.4, -0.2) is 16.2 Å². The van der Waals surface area contributed by atoms with E-state index in [1.165, 1.54) is 31.6 Å². The van der Waals surface area contributed by atoms with Gasteiger partial charge in [0.1, 0.15) is 5.75 Å². The third kappa shape index (κ3) is 4.42. The number of ether oxygens (including phenoxy) is 1. The zero-order chi connectivity index (χ0) is 28.2. The molecule has 0 fully saturated rings. The largest absolute Gasteiger partial charge is 0.497 e. The van der Waals surface area contributed by atoms with E-state index in [2.05, 4.69) is 102 Å². The summed E-state index contributed by atoms with van der Waals surface area (Å²) in [6.45, 7) is 4.22. The lowest BCUT2D eigenvalue weighted by Gasteiger charge is -2.31. The monoisotopic (exact) mass is 669 g/mol. The molecule has 1 unspecified atom stereocenters. The lowest BCUT2D eigenvalue weighted by Crippen LogP contribution is -2.38. The predicted octanol–water partition coefficient (Wildman–Crippen LogP) is 6.34. The van der Waals surface area contributed by atoms with Gasteiger partial charge in [0.2, 0.25) is 0 Å². The third-order valence-electron chi connectivity index (χ3n) is 8.12. The zero-order valence-corrected chi connectivity index (χ0v) is 26.0. The fraction of sp³-hybridized carbons (Fsp3) is 0.176. The number of benzene rings is 3. The Morgan fingerprint density at radius 3 is 2.61 bits per heavy atom. The molecule has 0 saturated carbocycles. The Morgan fingerprint density at radius 2 is 1.80 bits per heavy atom. The summed E-state index contributed by atoms with van der Waals surface area (Å²) in [5.41, 5.74) is 10.1. The number of aryl methyl sites for hydroxylation is 2. The third-order valence-corrected chi connectivity index (χ3v) is 9.83. The van der Waals surface area contributed by atoms with Crippen LogP contribution in [0.5, 0.6) is 5.75 Å². The van der Waals surface area contributed by atoms with Crippen molar-refractivity contribution in [3.8, 4) is 11.4 Å². The zero-order valence-electron chi connectivity index (χ0n) is 23.0. The van der Waals surface area contributed by atoms with E-state index >= 15 is 0 Å². The molecule has 204 valence electrons. The molecule has 7 heteroatoms. The van der Waals surface area contributed by atoms with E-state index < -0.39 is 0 Å². The minimum Gasteiger partial charge on any atom is -0.497 e. The van der Waals surface area contributed by atoms with Gasteiger partial charge in [-0.05, 0) is 120 Å². The van der Waals surface area contributed by atoms with Crippen molar-refractivity contribution < 1.29 is 4.74 Å². The quantitative estimate of drug-likeness (QED) is 0.210. The standard InChI is InChI=1S/C34H28IN3O2S/c1-20-17-24(21(2)37(20)26-14-12-25(35)13-15-26)19-30-33(39)38-32(23-8-6-9-27(18-23)40-3)29-16-11-22-7-4-5-10-28(22)31(29)36-34(38)41-30/h4-10,12-15,17-19,32H,11,16H2,1-3H3. The van der Waals surface area contributed by atoms with Gasteiger partial charge in [-0.2, -0.15) is 0 Å². The topological polar surface area (TPSA) is 48.5 Å². The second-order valence-corrected chi connectivity index (χ2v) is 12.8. The first-order valence-electron chi connectivity index (χ1n) is 13.6. The summed E-state index contributed by atoms with van der Waals surface area (Å²) in [6, 6.07) is 27.0. The highest BCUT2D eigenvalue weighted by atomic mass is 127. The smallest absolute Gasteiger partial charge is 0.271 e. The number of nitrogens with zero attached hydrogens (tertiary/aromatic N) is 3. The van der Waals surface area contributed by atoms with Crippen LogP contribution in [0.3, 0.4) is 0 Å². The molecule has 1 atom stereocenters. The molecule has 0 N–H and O–H groups in total. The Morgan fingerprint density at radius 1 is 1.00 bits per heavy atom. The minimum atomic E-state index is -0.230. The van der Waals surface area contributed by atoms with Gasteiger partial charge in [-0.15, -0.1) is 0 Å². The molecule has 41 heavy (non-hydrogen) atoms. The summed E-state index contributed by atoms with van der Waals surface area (Å²) in [5, 5.41) is 0. The van der Waals surface area contributed by atoms with Crippen LogP contribution in [0.15, 0.2) is 94.2 Å². The van der Waals surface area contributed by atoms with Crippen LogP contribution >= 0.6 is 33.9 Å². The van der Waals surface area contributed by atoms with Crippen LogP contribution in [0.4, 0.5) is 0 Å². The highest BCUT2D eigenvalue weighted by molar-refractivity contribution is 14.1. The van der Waals surface area contributed by atoms with Crippen molar-refractivity contribution in [3.63, 3.8) is 0 Å². The van der Waals surface area contributed by atoms with Gasteiger partial charge in [0.15, 0.2) is 4.80 Å². The number of halogens is 1. The van der Waals surface area contributed by atoms with Crippen LogP contribution in [0.25, 0.3) is 17.5 Å². The number of rotatable bonds is 4. The average molecular weight is 670 g/mol. The van der Waals surface area contributed by atoms with Crippen LogP contribution in [-0.2, 0) is 6.42 Å². The van der Waals surface area contributed by atoms with Gasteiger partial charge in [0.25, 0.3) is 5.56 Å². The first kappa shape index (κ1) is 26.2. The SMILES string of the molecule is COc1cccc(C2C3=C(N=c4sc(=Cc5cc(C)n(-c6ccc(I)cc6)c5C)c(=O)n42)c2ccccc2CC3)c1. The second-order valence-electron chi connectivity index (χ2n) is 10.5. The number of allylic oxidation sites excluding steroid dienone is 1. The molecule has 5 nitrogen and oxygen atoms in total. The number of hydrogen-bond acceptors (Lipinski definition) is 4. The molecule has 1 aliphatic carbocycles. The predicted molar refractivity (Wildman–Crippen MR) is 174 cm³/mol. The van der Waals surface area contributed by atoms with Gasteiger partial charge < -0.3 is 9.30 Å². The number of methoxy groups -OCH3 is 1. The highest BCUT2D eigenvalue weighted by Gasteiger charge is 2.32. The number of fused-ring (bicyclic) bond motifs is 3. The summed E-state index contributed by atoms with van der Waals surface area (Å²) in [4.78, 5) is 20.1. The van der Waals surface area contributed by atoms with E-state index in [4.69, 9.17) is 9.73 Å². The molecule has 5 aromatic rings. The van der Waals surface area contributed by atoms with Crippen molar-refractivity contribution in [2.24, 2.45) is 4.99 Å². The summed E-state index contributed by atoms with van der Waals surface area (Å²) in [6.07, 6.45) is 3.83. The Bertz CT molecular complexity index is 2050. The summed E-state index contributed by atoms with van der Waals surface area (Å²) in [5.74, 6) is 0.781. The van der Waals surface area contributed by atoms with Crippen molar-refractivity contribution in [1.29, 1.82) is 0 Å². The number of thiazole rings is 1. The van der Waals surface area contributed by atoms with Crippen molar-refractivity contribution in [2.45, 2.75) is 32.7 Å². The van der Waals surface area contributed by atoms with E-state index in [1.54, 1.807) is 7.11 Å². The number of hydrogen-bond donors (Lipinski definition) is 0. The van der Waals surface area contributed by atoms with Crippen molar-refractivity contribution in [2.75, 3.05) is 7.11 Å². The van der Waals surface area contributed by atoms with Gasteiger partial charge >= 0.3 is 0 Å². The van der Waals surface area contributed by atoms with E-state index in [0.717, 1.165) is 57.3 Å². The second kappa shape index (κ2) is 10.3. The van der Waals surface area contributed by atoms with Crippen molar-refractivity contribution in [3.05, 3.63) is 141 Å². The normalized spacial score (nSPS) is 16.2. The molecular weight excluding hydrogens is 641 g/mol. The fourth-order valence-corrected chi connectivity index (χ4v) is 7.55. The molecule has 0 saturated heterocycles. The van der Waals surface area contributed by atoms with Crippen molar-refractivity contribution in [1.82, 2.24) is 9.13 Å². The Kier molecular flexibility index (Phi) is 6.59. The molecular formula is C34H28IN3O2S. The maximum absolute atomic E-state index is 14.2. The Balaban J connectivity index is 1.44. The molecule has 0 bridgehead atoms. The molecule has 3 aromatic carbocycles. The lowest BCUT2D eigenvalue weighted by molar-refractivity contribution is 0.413. The molecule has 1 aliphatic heterocycles. The van der Waals surface area contributed by atoms with Gasteiger partial charge in [-0.1, -0.05) is 47.7 Å². The van der Waals surface area contributed by atoms with Gasteiger partial charge in [-0.25, -0.2) is 4.99 Å². The van der Waals surface area contributed by atoms with Crippen LogP contribution in [0.2, 0.25) is 0 Å². The van der Waals surface area contributed by atoms with Crippen molar-refractivity contribution >= 4 is 45.7 Å². The van der Waals surface area contributed by atoms with E-state index in [-0.39, 0.29) is 11.6 Å². The first-order chi connectivity index (χ1) is 19.9. The van der Waals surface area contributed by atoms with Gasteiger partial charge in [-0.3, -0.25) is 9.36 Å². The van der Waals surface area contributed by atoms with E-state index in [0.29, 0.717) is 4.53 Å². The van der Waals surface area contributed by atoms with Crippen LogP contribution in [0.1, 0.15) is 46.1 Å². The first-order valence-corrected chi connectivity index (χ1v) is 15.5. The summed E-state index contributed by atoms with van der Waals surface area (Å²) in [7, 11) is 1.68.